The molecule has 1 nitrogen and oxygen atoms in total. The second-order valence-corrected chi connectivity index (χ2v) is 8.32. The number of hydrogen-bond donors (Lipinski definition) is 1. The van der Waals surface area contributed by atoms with E-state index in [2.05, 4.69) is 49.7 Å². The van der Waals surface area contributed by atoms with E-state index in [-0.39, 0.29) is 0 Å². The third-order valence-electron chi connectivity index (χ3n) is 4.72. The van der Waals surface area contributed by atoms with Crippen molar-refractivity contribution in [1.29, 1.82) is 0 Å². The van der Waals surface area contributed by atoms with E-state index >= 15 is 0 Å². The number of nitrogens with one attached hydrogen (secondary N) is 1. The first-order chi connectivity index (χ1) is 8.22. The van der Waals surface area contributed by atoms with Gasteiger partial charge in [-0.15, -0.1) is 0 Å². The van der Waals surface area contributed by atoms with E-state index in [4.69, 9.17) is 0 Å². The quantitative estimate of drug-likeness (QED) is 0.845. The molecule has 0 bridgehead atoms. The molecular formula is C14H27NS2. The Hall–Kier alpha value is 0.660. The molecule has 2 aliphatic rings. The fourth-order valence-corrected chi connectivity index (χ4v) is 6.36. The van der Waals surface area contributed by atoms with E-state index in [0.29, 0.717) is 0 Å². The van der Waals surface area contributed by atoms with Gasteiger partial charge in [0.05, 0.1) is 0 Å². The molecule has 0 aromatic heterocycles. The SMILES string of the molecule is CNC(C1CCC(C)C(C)C1)C1CSCCS1. The Morgan fingerprint density at radius 2 is 1.94 bits per heavy atom. The van der Waals surface area contributed by atoms with Gasteiger partial charge in [0.1, 0.15) is 0 Å². The smallest absolute Gasteiger partial charge is 0.0294 e. The van der Waals surface area contributed by atoms with Gasteiger partial charge in [-0.25, -0.2) is 0 Å². The van der Waals surface area contributed by atoms with Crippen LogP contribution in [0, 0.1) is 17.8 Å². The molecule has 0 aromatic rings. The van der Waals surface area contributed by atoms with Gasteiger partial charge in [-0.3, -0.25) is 0 Å². The van der Waals surface area contributed by atoms with Gasteiger partial charge in [0.25, 0.3) is 0 Å². The summed E-state index contributed by atoms with van der Waals surface area (Å²) in [5.74, 6) is 6.85. The van der Waals surface area contributed by atoms with Crippen molar-refractivity contribution in [3.63, 3.8) is 0 Å². The summed E-state index contributed by atoms with van der Waals surface area (Å²) >= 11 is 4.36. The number of hydrogen-bond acceptors (Lipinski definition) is 3. The first-order valence-corrected chi connectivity index (χ1v) is 9.29. The van der Waals surface area contributed by atoms with Crippen LogP contribution >= 0.6 is 23.5 Å². The molecular weight excluding hydrogens is 246 g/mol. The van der Waals surface area contributed by atoms with Crippen molar-refractivity contribution in [3.05, 3.63) is 0 Å². The summed E-state index contributed by atoms with van der Waals surface area (Å²) in [7, 11) is 2.17. The van der Waals surface area contributed by atoms with Crippen LogP contribution in [0.2, 0.25) is 0 Å². The first kappa shape index (κ1) is 14.1. The molecule has 1 N–H and O–H groups in total. The van der Waals surface area contributed by atoms with Crippen molar-refractivity contribution in [2.24, 2.45) is 17.8 Å². The predicted molar refractivity (Wildman–Crippen MR) is 82.1 cm³/mol. The zero-order valence-electron chi connectivity index (χ0n) is 11.4. The molecule has 5 unspecified atom stereocenters. The van der Waals surface area contributed by atoms with Crippen LogP contribution in [-0.4, -0.2) is 35.6 Å². The van der Waals surface area contributed by atoms with Crippen LogP contribution in [0.25, 0.3) is 0 Å². The van der Waals surface area contributed by atoms with Gasteiger partial charge in [-0.1, -0.05) is 20.3 Å². The highest BCUT2D eigenvalue weighted by Gasteiger charge is 2.34. The Balaban J connectivity index is 1.93. The summed E-state index contributed by atoms with van der Waals surface area (Å²) < 4.78 is 0. The number of rotatable bonds is 3. The summed E-state index contributed by atoms with van der Waals surface area (Å²) in [5, 5.41) is 4.49. The molecule has 5 atom stereocenters. The van der Waals surface area contributed by atoms with Crippen molar-refractivity contribution in [2.45, 2.75) is 44.4 Å². The molecule has 1 saturated carbocycles. The fourth-order valence-electron chi connectivity index (χ4n) is 3.35. The molecule has 0 spiro atoms. The van der Waals surface area contributed by atoms with Crippen molar-refractivity contribution in [2.75, 3.05) is 24.3 Å². The minimum absolute atomic E-state index is 0.753. The average molecular weight is 274 g/mol. The Morgan fingerprint density at radius 3 is 2.53 bits per heavy atom. The highest BCUT2D eigenvalue weighted by Crippen LogP contribution is 2.39. The topological polar surface area (TPSA) is 12.0 Å². The van der Waals surface area contributed by atoms with Crippen molar-refractivity contribution in [1.82, 2.24) is 5.32 Å². The van der Waals surface area contributed by atoms with E-state index in [1.165, 1.54) is 36.5 Å². The molecule has 17 heavy (non-hydrogen) atoms. The fraction of sp³-hybridized carbons (Fsp3) is 1.00. The van der Waals surface area contributed by atoms with Gasteiger partial charge >= 0.3 is 0 Å². The lowest BCUT2D eigenvalue weighted by Crippen LogP contribution is -2.46. The molecule has 1 aliphatic carbocycles. The lowest BCUT2D eigenvalue weighted by atomic mass is 9.72. The second kappa shape index (κ2) is 6.72. The highest BCUT2D eigenvalue weighted by atomic mass is 32.2. The van der Waals surface area contributed by atoms with E-state index in [0.717, 1.165) is 29.0 Å². The Kier molecular flexibility index (Phi) is 5.56. The molecule has 3 heteroatoms. The lowest BCUT2D eigenvalue weighted by Gasteiger charge is -2.40. The zero-order chi connectivity index (χ0) is 12.3. The summed E-state index contributed by atoms with van der Waals surface area (Å²) in [6, 6.07) is 0.753. The Bertz CT molecular complexity index is 228. The van der Waals surface area contributed by atoms with Crippen LogP contribution in [-0.2, 0) is 0 Å². The summed E-state index contributed by atoms with van der Waals surface area (Å²) in [6.45, 7) is 4.88. The summed E-state index contributed by atoms with van der Waals surface area (Å²) in [6.07, 6.45) is 4.32. The maximum Gasteiger partial charge on any atom is 0.0294 e. The average Bonchev–Trinajstić information content (AvgIpc) is 2.36. The Labute approximate surface area is 115 Å². The molecule has 0 amide bonds. The van der Waals surface area contributed by atoms with Crippen LogP contribution in [0.1, 0.15) is 33.1 Å². The molecule has 2 rings (SSSR count). The minimum atomic E-state index is 0.753. The summed E-state index contributed by atoms with van der Waals surface area (Å²) in [5.41, 5.74) is 0. The molecule has 100 valence electrons. The van der Waals surface area contributed by atoms with Crippen LogP contribution in [0.5, 0.6) is 0 Å². The van der Waals surface area contributed by atoms with E-state index in [1.807, 2.05) is 0 Å². The van der Waals surface area contributed by atoms with Crippen molar-refractivity contribution >= 4 is 23.5 Å². The van der Waals surface area contributed by atoms with Gasteiger partial charge in [-0.2, -0.15) is 23.5 Å². The zero-order valence-corrected chi connectivity index (χ0v) is 13.1. The monoisotopic (exact) mass is 273 g/mol. The molecule has 0 radical (unpaired) electrons. The van der Waals surface area contributed by atoms with Crippen LogP contribution in [0.3, 0.4) is 0 Å². The minimum Gasteiger partial charge on any atom is -0.316 e. The van der Waals surface area contributed by atoms with E-state index in [9.17, 15) is 0 Å². The largest absolute Gasteiger partial charge is 0.316 e. The summed E-state index contributed by atoms with van der Waals surface area (Å²) in [4.78, 5) is 0. The first-order valence-electron chi connectivity index (χ1n) is 7.09. The molecule has 0 aromatic carbocycles. The van der Waals surface area contributed by atoms with Crippen molar-refractivity contribution < 1.29 is 0 Å². The second-order valence-electron chi connectivity index (χ2n) is 5.83. The maximum atomic E-state index is 3.64. The maximum absolute atomic E-state index is 3.64. The lowest BCUT2D eigenvalue weighted by molar-refractivity contribution is 0.174. The molecule has 1 saturated heterocycles. The van der Waals surface area contributed by atoms with Crippen LogP contribution < -0.4 is 5.32 Å². The van der Waals surface area contributed by atoms with Gasteiger partial charge in [-0.05, 0) is 37.6 Å². The van der Waals surface area contributed by atoms with Crippen LogP contribution in [0.4, 0.5) is 0 Å². The molecule has 1 heterocycles. The molecule has 2 fully saturated rings. The number of thioether (sulfide) groups is 2. The third kappa shape index (κ3) is 3.57. The molecule has 1 aliphatic heterocycles. The third-order valence-corrected chi connectivity index (χ3v) is 7.61. The van der Waals surface area contributed by atoms with E-state index in [1.54, 1.807) is 0 Å². The Morgan fingerprint density at radius 1 is 1.12 bits per heavy atom. The standard InChI is InChI=1S/C14H27NS2/c1-10-4-5-12(8-11(10)2)14(15-3)13-9-16-6-7-17-13/h10-15H,4-9H2,1-3H3. The van der Waals surface area contributed by atoms with Gasteiger partial charge in [0.15, 0.2) is 0 Å². The highest BCUT2D eigenvalue weighted by molar-refractivity contribution is 8.06. The predicted octanol–water partition coefficient (Wildman–Crippen LogP) is 3.50. The van der Waals surface area contributed by atoms with Gasteiger partial charge in [0.2, 0.25) is 0 Å². The van der Waals surface area contributed by atoms with Gasteiger partial charge < -0.3 is 5.32 Å². The van der Waals surface area contributed by atoms with Gasteiger partial charge in [0, 0.05) is 28.6 Å². The van der Waals surface area contributed by atoms with Crippen molar-refractivity contribution in [3.8, 4) is 0 Å². The van der Waals surface area contributed by atoms with Crippen LogP contribution in [0.15, 0.2) is 0 Å². The van der Waals surface area contributed by atoms with E-state index < -0.39 is 0 Å². The normalized spacial score (nSPS) is 41.1.